The normalized spacial score (nSPS) is 13.8. The van der Waals surface area contributed by atoms with Crippen molar-refractivity contribution in [2.24, 2.45) is 5.92 Å². The smallest absolute Gasteiger partial charge is 0.341 e. The van der Waals surface area contributed by atoms with Gasteiger partial charge in [0.25, 0.3) is 0 Å². The van der Waals surface area contributed by atoms with Crippen molar-refractivity contribution < 1.29 is 19.4 Å². The number of benzene rings is 1. The highest BCUT2D eigenvalue weighted by molar-refractivity contribution is 6.07. The zero-order valence-electron chi connectivity index (χ0n) is 14.6. The lowest BCUT2D eigenvalue weighted by Crippen LogP contribution is -2.12. The van der Waals surface area contributed by atoms with Crippen LogP contribution in [0.3, 0.4) is 0 Å². The first-order chi connectivity index (χ1) is 12.0. The number of H-pyrrole nitrogens is 1. The number of pyridine rings is 1. The molecule has 1 aliphatic rings. The maximum atomic E-state index is 12.1. The van der Waals surface area contributed by atoms with Crippen LogP contribution >= 0.6 is 0 Å². The van der Waals surface area contributed by atoms with Gasteiger partial charge in [-0.2, -0.15) is 0 Å². The van der Waals surface area contributed by atoms with Gasteiger partial charge in [0.1, 0.15) is 17.1 Å². The van der Waals surface area contributed by atoms with E-state index in [2.05, 4.69) is 4.98 Å². The van der Waals surface area contributed by atoms with Crippen LogP contribution in [0.4, 0.5) is 0 Å². The summed E-state index contributed by atoms with van der Waals surface area (Å²) in [4.78, 5) is 26.6. The van der Waals surface area contributed by atoms with Crippen molar-refractivity contribution in [3.8, 4) is 11.5 Å². The molecule has 6 heteroatoms. The number of carboxylic acids is 1. The van der Waals surface area contributed by atoms with E-state index in [1.807, 2.05) is 6.92 Å². The third kappa shape index (κ3) is 3.62. The van der Waals surface area contributed by atoms with Gasteiger partial charge in [0.05, 0.1) is 19.2 Å². The predicted octanol–water partition coefficient (Wildman–Crippen LogP) is 3.37. The standard InChI is InChI=1S/C19H23NO5/c1-3-25-14-10-13(24-2)17(19(22)23)18-16(14)12(9-15(21)20-18)6-4-5-11-7-8-11/h9-11H,3-8H2,1-2H3,(H,20,21)(H,22,23). The molecular formula is C19H23NO5. The summed E-state index contributed by atoms with van der Waals surface area (Å²) < 4.78 is 10.9. The van der Waals surface area contributed by atoms with Crippen molar-refractivity contribution in [2.45, 2.75) is 39.0 Å². The third-order valence-electron chi connectivity index (χ3n) is 4.62. The Kier molecular flexibility index (Phi) is 4.97. The average molecular weight is 345 g/mol. The molecule has 0 saturated heterocycles. The number of aryl methyl sites for hydroxylation is 1. The van der Waals surface area contributed by atoms with E-state index in [-0.39, 0.29) is 22.4 Å². The number of hydrogen-bond donors (Lipinski definition) is 2. The fraction of sp³-hybridized carbons (Fsp3) is 0.474. The van der Waals surface area contributed by atoms with E-state index in [1.54, 1.807) is 12.1 Å². The van der Waals surface area contributed by atoms with Crippen molar-refractivity contribution in [3.05, 3.63) is 33.6 Å². The van der Waals surface area contributed by atoms with Gasteiger partial charge in [0.2, 0.25) is 5.56 Å². The van der Waals surface area contributed by atoms with E-state index in [9.17, 15) is 14.7 Å². The van der Waals surface area contributed by atoms with E-state index < -0.39 is 5.97 Å². The largest absolute Gasteiger partial charge is 0.496 e. The van der Waals surface area contributed by atoms with Crippen LogP contribution in [0.1, 0.15) is 48.5 Å². The molecule has 0 radical (unpaired) electrons. The second-order valence-electron chi connectivity index (χ2n) is 6.43. The van der Waals surface area contributed by atoms with Gasteiger partial charge in [-0.05, 0) is 31.2 Å². The molecule has 0 spiro atoms. The number of fused-ring (bicyclic) bond motifs is 1. The van der Waals surface area contributed by atoms with Crippen LogP contribution in [-0.4, -0.2) is 29.8 Å². The number of carbonyl (C=O) groups is 1. The quantitative estimate of drug-likeness (QED) is 0.766. The van der Waals surface area contributed by atoms with Crippen LogP contribution in [0.5, 0.6) is 11.5 Å². The molecule has 0 unspecified atom stereocenters. The Balaban J connectivity index is 2.18. The minimum absolute atomic E-state index is 0.0397. The van der Waals surface area contributed by atoms with Crippen molar-refractivity contribution in [3.63, 3.8) is 0 Å². The second kappa shape index (κ2) is 7.17. The Hall–Kier alpha value is -2.50. The molecule has 1 aliphatic carbocycles. The van der Waals surface area contributed by atoms with Gasteiger partial charge in [-0.1, -0.05) is 19.3 Å². The second-order valence-corrected chi connectivity index (χ2v) is 6.43. The van der Waals surface area contributed by atoms with Crippen LogP contribution in [0.15, 0.2) is 16.9 Å². The molecule has 1 heterocycles. The molecule has 134 valence electrons. The van der Waals surface area contributed by atoms with E-state index in [0.29, 0.717) is 17.7 Å². The fourth-order valence-electron chi connectivity index (χ4n) is 3.30. The molecule has 0 bridgehead atoms. The summed E-state index contributed by atoms with van der Waals surface area (Å²) in [5, 5.41) is 10.3. The summed E-state index contributed by atoms with van der Waals surface area (Å²) in [6, 6.07) is 3.15. The topological polar surface area (TPSA) is 88.6 Å². The Morgan fingerprint density at radius 1 is 1.32 bits per heavy atom. The minimum Gasteiger partial charge on any atom is -0.496 e. The number of rotatable bonds is 8. The van der Waals surface area contributed by atoms with Crippen LogP contribution < -0.4 is 15.0 Å². The van der Waals surface area contributed by atoms with Gasteiger partial charge in [-0.15, -0.1) is 0 Å². The lowest BCUT2D eigenvalue weighted by molar-refractivity contribution is 0.0695. The zero-order valence-corrected chi connectivity index (χ0v) is 14.6. The maximum absolute atomic E-state index is 12.1. The summed E-state index contributed by atoms with van der Waals surface area (Å²) in [5.74, 6) is 0.385. The first kappa shape index (κ1) is 17.3. The third-order valence-corrected chi connectivity index (χ3v) is 4.62. The number of nitrogens with one attached hydrogen (secondary N) is 1. The summed E-state index contributed by atoms with van der Waals surface area (Å²) in [5.41, 5.74) is 0.742. The highest BCUT2D eigenvalue weighted by Gasteiger charge is 2.23. The summed E-state index contributed by atoms with van der Waals surface area (Å²) in [7, 11) is 1.40. The van der Waals surface area contributed by atoms with Gasteiger partial charge >= 0.3 is 5.97 Å². The number of hydrogen-bond acceptors (Lipinski definition) is 4. The highest BCUT2D eigenvalue weighted by Crippen LogP contribution is 2.38. The Morgan fingerprint density at radius 2 is 2.08 bits per heavy atom. The summed E-state index contributed by atoms with van der Waals surface area (Å²) in [6.07, 6.45) is 5.42. The van der Waals surface area contributed by atoms with Crippen molar-refractivity contribution in [1.82, 2.24) is 4.98 Å². The maximum Gasteiger partial charge on any atom is 0.341 e. The molecule has 6 nitrogen and oxygen atoms in total. The first-order valence-corrected chi connectivity index (χ1v) is 8.68. The fourth-order valence-corrected chi connectivity index (χ4v) is 3.30. The van der Waals surface area contributed by atoms with Crippen LogP contribution in [-0.2, 0) is 6.42 Å². The Labute approximate surface area is 145 Å². The molecule has 1 fully saturated rings. The molecule has 0 aliphatic heterocycles. The van der Waals surface area contributed by atoms with E-state index in [1.165, 1.54) is 20.0 Å². The molecule has 2 N–H and O–H groups in total. The summed E-state index contributed by atoms with van der Waals surface area (Å²) in [6.45, 7) is 2.30. The number of aromatic nitrogens is 1. The van der Waals surface area contributed by atoms with Gasteiger partial charge < -0.3 is 19.6 Å². The van der Waals surface area contributed by atoms with Gasteiger partial charge in [0, 0.05) is 17.5 Å². The van der Waals surface area contributed by atoms with Gasteiger partial charge in [0.15, 0.2) is 0 Å². The average Bonchev–Trinajstić information content (AvgIpc) is 3.37. The summed E-state index contributed by atoms with van der Waals surface area (Å²) >= 11 is 0. The van der Waals surface area contributed by atoms with Gasteiger partial charge in [-0.25, -0.2) is 4.79 Å². The van der Waals surface area contributed by atoms with Crippen molar-refractivity contribution in [1.29, 1.82) is 0 Å². The lowest BCUT2D eigenvalue weighted by atomic mass is 9.98. The van der Waals surface area contributed by atoms with Crippen LogP contribution in [0.25, 0.3) is 10.9 Å². The number of methoxy groups -OCH3 is 1. The number of aromatic carboxylic acids is 1. The molecular weight excluding hydrogens is 322 g/mol. The first-order valence-electron chi connectivity index (χ1n) is 8.68. The van der Waals surface area contributed by atoms with E-state index in [0.717, 1.165) is 30.7 Å². The number of ether oxygens (including phenoxy) is 2. The minimum atomic E-state index is -1.14. The molecule has 2 aromatic rings. The van der Waals surface area contributed by atoms with Crippen LogP contribution in [0.2, 0.25) is 0 Å². The predicted molar refractivity (Wildman–Crippen MR) is 94.9 cm³/mol. The van der Waals surface area contributed by atoms with Crippen molar-refractivity contribution >= 4 is 16.9 Å². The molecule has 0 atom stereocenters. The molecule has 0 amide bonds. The Morgan fingerprint density at radius 3 is 2.68 bits per heavy atom. The molecule has 3 rings (SSSR count). The number of carboxylic acid groups (broad SMARTS) is 1. The number of aromatic amines is 1. The van der Waals surface area contributed by atoms with Gasteiger partial charge in [-0.3, -0.25) is 4.79 Å². The lowest BCUT2D eigenvalue weighted by Gasteiger charge is -2.16. The van der Waals surface area contributed by atoms with Crippen LogP contribution in [0, 0.1) is 5.92 Å². The molecule has 1 aromatic heterocycles. The Bertz CT molecular complexity index is 851. The monoisotopic (exact) mass is 345 g/mol. The van der Waals surface area contributed by atoms with E-state index >= 15 is 0 Å². The SMILES string of the molecule is CCOc1cc(OC)c(C(=O)O)c2[nH]c(=O)cc(CCCC3CC3)c12. The molecule has 25 heavy (non-hydrogen) atoms. The van der Waals surface area contributed by atoms with E-state index in [4.69, 9.17) is 9.47 Å². The molecule has 1 saturated carbocycles. The zero-order chi connectivity index (χ0) is 18.0. The van der Waals surface area contributed by atoms with Crippen molar-refractivity contribution in [2.75, 3.05) is 13.7 Å². The highest BCUT2D eigenvalue weighted by atomic mass is 16.5. The molecule has 1 aromatic carbocycles.